The molecular weight excluding hydrogens is 840 g/mol. The van der Waals surface area contributed by atoms with Gasteiger partial charge in [-0.25, -0.2) is 18.3 Å². The predicted octanol–water partition coefficient (Wildman–Crippen LogP) is 6.21. The van der Waals surface area contributed by atoms with Crippen LogP contribution in [0.3, 0.4) is 0 Å². The van der Waals surface area contributed by atoms with Crippen molar-refractivity contribution >= 4 is 54.4 Å². The third-order valence-corrected chi connectivity index (χ3v) is 8.81. The van der Waals surface area contributed by atoms with Crippen molar-refractivity contribution in [1.29, 1.82) is 0 Å². The van der Waals surface area contributed by atoms with Crippen molar-refractivity contribution in [3.63, 3.8) is 0 Å². The molecule has 24 heteroatoms. The van der Waals surface area contributed by atoms with Gasteiger partial charge in [0.15, 0.2) is 5.78 Å². The Labute approximate surface area is 337 Å². The molecule has 8 N–H and O–H groups in total. The number of carbonyl (C=O) groups excluding carboxylic acids is 4. The SMILES string of the molecule is CC(C)(C)C(=O)CCCCOP(=O)(O)O.CC(C)(C)C(=O)CCCOP(=O)(O)O.CC(C)(C)C(=O)COP(=O)(O)O.CC(C)(COP(=O)(O)O)CC(=O)C(C)(C)C. The van der Waals surface area contributed by atoms with Crippen LogP contribution in [0, 0.1) is 27.1 Å². The second kappa shape index (κ2) is 25.8. The Morgan fingerprint density at radius 2 is 0.702 bits per heavy atom. The van der Waals surface area contributed by atoms with E-state index in [9.17, 15) is 37.4 Å². The fraction of sp³-hybridized carbons (Fsp3) is 0.879. The smallest absolute Gasteiger partial charge is 0.303 e. The van der Waals surface area contributed by atoms with Crippen LogP contribution in [0.4, 0.5) is 0 Å². The lowest BCUT2D eigenvalue weighted by Crippen LogP contribution is -2.29. The molecule has 0 bridgehead atoms. The highest BCUT2D eigenvalue weighted by Gasteiger charge is 2.31. The zero-order valence-corrected chi connectivity index (χ0v) is 39.4. The maximum absolute atomic E-state index is 11.8. The lowest BCUT2D eigenvalue weighted by molar-refractivity contribution is -0.129. The molecule has 20 nitrogen and oxygen atoms in total. The summed E-state index contributed by atoms with van der Waals surface area (Å²) in [5.41, 5.74) is -2.40. The molecule has 0 unspecified atom stereocenters. The van der Waals surface area contributed by atoms with Crippen molar-refractivity contribution in [3.05, 3.63) is 0 Å². The van der Waals surface area contributed by atoms with E-state index in [1.807, 2.05) is 41.5 Å². The van der Waals surface area contributed by atoms with E-state index in [0.29, 0.717) is 25.7 Å². The van der Waals surface area contributed by atoms with Crippen LogP contribution in [0.2, 0.25) is 0 Å². The first-order chi connectivity index (χ1) is 24.7. The van der Waals surface area contributed by atoms with Gasteiger partial charge in [-0.2, -0.15) is 0 Å². The maximum atomic E-state index is 11.8. The Hall–Kier alpha value is -0.880. The van der Waals surface area contributed by atoms with E-state index >= 15 is 0 Å². The van der Waals surface area contributed by atoms with Crippen molar-refractivity contribution in [2.75, 3.05) is 26.4 Å². The normalized spacial score (nSPS) is 13.2. The van der Waals surface area contributed by atoms with Gasteiger partial charge in [-0.05, 0) is 24.7 Å². The van der Waals surface area contributed by atoms with Gasteiger partial charge in [0, 0.05) is 40.9 Å². The molecule has 0 aliphatic rings. The molecule has 342 valence electrons. The molecule has 0 atom stereocenters. The van der Waals surface area contributed by atoms with E-state index in [4.69, 9.17) is 39.1 Å². The van der Waals surface area contributed by atoms with E-state index in [1.54, 1.807) is 55.4 Å². The van der Waals surface area contributed by atoms with Crippen molar-refractivity contribution < 1.29 is 94.7 Å². The number of hydrogen-bond acceptors (Lipinski definition) is 12. The third kappa shape index (κ3) is 46.0. The Morgan fingerprint density at radius 1 is 0.404 bits per heavy atom. The number of phosphoric acid groups is 4. The van der Waals surface area contributed by atoms with E-state index < -0.39 is 59.6 Å². The van der Waals surface area contributed by atoms with E-state index in [1.165, 1.54) is 0 Å². The number of Topliss-reactive ketones (excluding diaryl/α,β-unsaturated/α-hetero) is 4. The van der Waals surface area contributed by atoms with Gasteiger partial charge in [0.05, 0.1) is 19.8 Å². The molecule has 0 aliphatic carbocycles. The first kappa shape index (κ1) is 62.8. The van der Waals surface area contributed by atoms with Gasteiger partial charge in [0.2, 0.25) is 0 Å². The van der Waals surface area contributed by atoms with Crippen LogP contribution in [0.15, 0.2) is 0 Å². The number of rotatable bonds is 19. The standard InChI is InChI=1S/C10H21O5P.C9H19O5P.C8H17O5P.C6H13O5P/c1-9(2,3)8(11)6-10(4,5)7-15-16(12,13)14;1-9(2,3)8(10)6-4-5-7-14-15(11,12)13;1-8(2,3)7(9)5-4-6-13-14(10,11)12;1-6(2,3)5(7)4-11-12(8,9)10/h6-7H2,1-5H3,(H2,12,13,14);4-7H2,1-3H3,(H2,11,12,13);4-6H2,1-3H3,(H2,10,11,12);4H2,1-3H3,(H2,8,9,10). The minimum Gasteiger partial charge on any atom is -0.303 e. The number of phosphoric ester groups is 4. The first-order valence-electron chi connectivity index (χ1n) is 17.7. The summed E-state index contributed by atoms with van der Waals surface area (Å²) >= 11 is 0. The summed E-state index contributed by atoms with van der Waals surface area (Å²) in [5, 5.41) is 0. The van der Waals surface area contributed by atoms with Crippen molar-refractivity contribution in [2.24, 2.45) is 27.1 Å². The highest BCUT2D eigenvalue weighted by atomic mass is 31.2. The number of unbranched alkanes of at least 4 members (excludes halogenated alkanes) is 1. The topological polar surface area (TPSA) is 335 Å². The van der Waals surface area contributed by atoms with Crippen LogP contribution in [0.1, 0.15) is 135 Å². The van der Waals surface area contributed by atoms with Gasteiger partial charge in [0.25, 0.3) is 0 Å². The summed E-state index contributed by atoms with van der Waals surface area (Å²) in [4.78, 5) is 113. The highest BCUT2D eigenvalue weighted by Crippen LogP contribution is 2.40. The van der Waals surface area contributed by atoms with Crippen molar-refractivity contribution in [2.45, 2.75) is 135 Å². The Balaban J connectivity index is -0.000000330. The Bertz CT molecular complexity index is 1420. The van der Waals surface area contributed by atoms with Crippen LogP contribution < -0.4 is 0 Å². The molecule has 0 radical (unpaired) electrons. The van der Waals surface area contributed by atoms with Crippen molar-refractivity contribution in [3.8, 4) is 0 Å². The summed E-state index contributed by atoms with van der Waals surface area (Å²) in [6.45, 7) is 24.1. The van der Waals surface area contributed by atoms with Crippen LogP contribution in [0.25, 0.3) is 0 Å². The molecule has 0 saturated carbocycles. The largest absolute Gasteiger partial charge is 0.470 e. The third-order valence-electron chi connectivity index (χ3n) is 6.84. The van der Waals surface area contributed by atoms with Gasteiger partial charge in [0.1, 0.15) is 24.0 Å². The highest BCUT2D eigenvalue weighted by molar-refractivity contribution is 7.47. The summed E-state index contributed by atoms with van der Waals surface area (Å²) in [6, 6.07) is 0. The first-order valence-corrected chi connectivity index (χ1v) is 23.8. The monoisotopic (exact) mass is 910 g/mol. The van der Waals surface area contributed by atoms with Crippen LogP contribution in [0.5, 0.6) is 0 Å². The van der Waals surface area contributed by atoms with Crippen molar-refractivity contribution in [1.82, 2.24) is 0 Å². The van der Waals surface area contributed by atoms with Crippen LogP contribution in [-0.4, -0.2) is 88.7 Å². The number of carbonyl (C=O) groups is 4. The molecule has 0 heterocycles. The Morgan fingerprint density at radius 3 is 1.00 bits per heavy atom. The zero-order valence-electron chi connectivity index (χ0n) is 35.8. The lowest BCUT2D eigenvalue weighted by Gasteiger charge is -2.27. The molecule has 0 aromatic carbocycles. The average molecular weight is 911 g/mol. The van der Waals surface area contributed by atoms with Gasteiger partial charge >= 0.3 is 31.3 Å². The van der Waals surface area contributed by atoms with E-state index in [0.717, 1.165) is 0 Å². The quantitative estimate of drug-likeness (QED) is 0.0527. The molecule has 0 aromatic heterocycles. The fourth-order valence-corrected chi connectivity index (χ4v) is 4.64. The van der Waals surface area contributed by atoms with Crippen LogP contribution in [-0.2, 0) is 55.5 Å². The molecular formula is C33H70O20P4. The van der Waals surface area contributed by atoms with Crippen LogP contribution >= 0.6 is 31.3 Å². The minimum absolute atomic E-state index is 0.0122. The average Bonchev–Trinajstić information content (AvgIpc) is 2.93. The number of ketones is 4. The zero-order chi connectivity index (χ0) is 46.7. The second-order valence-corrected chi connectivity index (χ2v) is 22.7. The van der Waals surface area contributed by atoms with Gasteiger partial charge in [-0.3, -0.25) is 37.3 Å². The molecule has 57 heavy (non-hydrogen) atoms. The molecule has 0 fully saturated rings. The van der Waals surface area contributed by atoms with Gasteiger partial charge < -0.3 is 39.1 Å². The molecule has 0 aromatic rings. The number of hydrogen-bond donors (Lipinski definition) is 8. The minimum atomic E-state index is -4.51. The molecule has 0 aliphatic heterocycles. The summed E-state index contributed by atoms with van der Waals surface area (Å²) in [6.07, 6.45) is 2.35. The molecule has 0 rings (SSSR count). The second-order valence-electron chi connectivity index (χ2n) is 17.8. The predicted molar refractivity (Wildman–Crippen MR) is 211 cm³/mol. The summed E-state index contributed by atoms with van der Waals surface area (Å²) in [7, 11) is -17.7. The lowest BCUT2D eigenvalue weighted by atomic mass is 9.79. The molecule has 0 spiro atoms. The van der Waals surface area contributed by atoms with E-state index in [-0.39, 0.29) is 61.2 Å². The van der Waals surface area contributed by atoms with Gasteiger partial charge in [-0.15, -0.1) is 0 Å². The van der Waals surface area contributed by atoms with E-state index in [2.05, 4.69) is 18.1 Å². The summed E-state index contributed by atoms with van der Waals surface area (Å²) < 4.78 is 58.2. The Kier molecular flexibility index (Phi) is 28.4. The molecule has 0 amide bonds. The fourth-order valence-electron chi connectivity index (χ4n) is 3.11. The molecule has 0 saturated heterocycles. The maximum Gasteiger partial charge on any atom is 0.470 e. The van der Waals surface area contributed by atoms with Gasteiger partial charge in [-0.1, -0.05) is 96.9 Å². The summed E-state index contributed by atoms with van der Waals surface area (Å²) in [5.74, 6) is -0.0804.